The Morgan fingerprint density at radius 3 is 3.25 bits per heavy atom. The number of aromatic nitrogens is 1. The Hall–Kier alpha value is -1.41. The van der Waals surface area contributed by atoms with Gasteiger partial charge in [0.1, 0.15) is 5.01 Å². The quantitative estimate of drug-likeness (QED) is 0.640. The average molecular weight is 182 g/mol. The van der Waals surface area contributed by atoms with Crippen molar-refractivity contribution in [3.8, 4) is 6.07 Å². The van der Waals surface area contributed by atoms with Crippen LogP contribution in [0.25, 0.3) is 0 Å². The number of methoxy groups -OCH3 is 1. The van der Waals surface area contributed by atoms with Crippen LogP contribution in [-0.4, -0.2) is 18.1 Å². The van der Waals surface area contributed by atoms with Crippen LogP contribution in [-0.2, 0) is 11.2 Å². The number of hydrogen-bond donors (Lipinski definition) is 0. The topological polar surface area (TPSA) is 63.0 Å². The van der Waals surface area contributed by atoms with Gasteiger partial charge in [-0.1, -0.05) is 0 Å². The van der Waals surface area contributed by atoms with Crippen LogP contribution < -0.4 is 0 Å². The fraction of sp³-hybridized carbons (Fsp3) is 0.286. The minimum absolute atomic E-state index is 0.238. The molecule has 4 nitrogen and oxygen atoms in total. The molecule has 0 fully saturated rings. The van der Waals surface area contributed by atoms with E-state index in [0.29, 0.717) is 5.01 Å². The van der Waals surface area contributed by atoms with Crippen LogP contribution in [0.15, 0.2) is 5.38 Å². The maximum Gasteiger partial charge on any atom is 0.357 e. The van der Waals surface area contributed by atoms with E-state index in [1.165, 1.54) is 18.4 Å². The molecule has 0 aliphatic heterocycles. The van der Waals surface area contributed by atoms with Crippen molar-refractivity contribution in [1.82, 2.24) is 4.98 Å². The zero-order chi connectivity index (χ0) is 8.97. The van der Waals surface area contributed by atoms with Crippen molar-refractivity contribution in [3.63, 3.8) is 0 Å². The summed E-state index contributed by atoms with van der Waals surface area (Å²) in [6.45, 7) is 0. The molecule has 1 aromatic heterocycles. The molecule has 0 saturated heterocycles. The fourth-order valence-corrected chi connectivity index (χ4v) is 1.35. The monoisotopic (exact) mass is 182 g/mol. The Bertz CT molecular complexity index is 326. The molecule has 1 heterocycles. The van der Waals surface area contributed by atoms with Gasteiger partial charge in [0.2, 0.25) is 0 Å². The van der Waals surface area contributed by atoms with Crippen molar-refractivity contribution in [2.75, 3.05) is 7.11 Å². The van der Waals surface area contributed by atoms with E-state index >= 15 is 0 Å². The Kier molecular flexibility index (Phi) is 2.77. The summed E-state index contributed by atoms with van der Waals surface area (Å²) in [6, 6.07) is 1.95. The van der Waals surface area contributed by atoms with Gasteiger partial charge < -0.3 is 4.74 Å². The summed E-state index contributed by atoms with van der Waals surface area (Å²) in [5.74, 6) is -0.463. The highest BCUT2D eigenvalue weighted by atomic mass is 32.1. The highest BCUT2D eigenvalue weighted by Gasteiger charge is 2.09. The number of carbonyl (C=O) groups is 1. The van der Waals surface area contributed by atoms with Crippen LogP contribution in [0.1, 0.15) is 15.5 Å². The molecule has 0 N–H and O–H groups in total. The van der Waals surface area contributed by atoms with Gasteiger partial charge in [-0.05, 0) is 0 Å². The second kappa shape index (κ2) is 3.83. The minimum Gasteiger partial charge on any atom is -0.464 e. The van der Waals surface area contributed by atoms with Crippen molar-refractivity contribution < 1.29 is 9.53 Å². The van der Waals surface area contributed by atoms with Gasteiger partial charge in [-0.15, -0.1) is 11.3 Å². The van der Waals surface area contributed by atoms with Crippen LogP contribution in [0.5, 0.6) is 0 Å². The maximum absolute atomic E-state index is 10.9. The zero-order valence-electron chi connectivity index (χ0n) is 6.40. The van der Waals surface area contributed by atoms with E-state index in [1.54, 1.807) is 5.38 Å². The molecule has 5 heteroatoms. The summed E-state index contributed by atoms with van der Waals surface area (Å²) in [5, 5.41) is 10.5. The van der Waals surface area contributed by atoms with E-state index < -0.39 is 5.97 Å². The van der Waals surface area contributed by atoms with Crippen LogP contribution in [0, 0.1) is 11.3 Å². The number of esters is 1. The number of nitrogens with zero attached hydrogens (tertiary/aromatic N) is 2. The SMILES string of the molecule is COC(=O)c1csc(CC#N)n1. The Morgan fingerprint density at radius 1 is 1.92 bits per heavy atom. The van der Waals surface area contributed by atoms with Gasteiger partial charge in [-0.25, -0.2) is 9.78 Å². The summed E-state index contributed by atoms with van der Waals surface area (Å²) in [5.41, 5.74) is 0.271. The number of hydrogen-bond acceptors (Lipinski definition) is 5. The fourth-order valence-electron chi connectivity index (χ4n) is 0.658. The van der Waals surface area contributed by atoms with Crippen molar-refractivity contribution >= 4 is 17.3 Å². The van der Waals surface area contributed by atoms with Crippen LogP contribution >= 0.6 is 11.3 Å². The van der Waals surface area contributed by atoms with Crippen molar-refractivity contribution in [2.24, 2.45) is 0 Å². The number of rotatable bonds is 2. The predicted molar refractivity (Wildman–Crippen MR) is 42.8 cm³/mol. The lowest BCUT2D eigenvalue weighted by Gasteiger charge is -1.90. The second-order valence-corrected chi connectivity index (χ2v) is 2.90. The highest BCUT2D eigenvalue weighted by Crippen LogP contribution is 2.10. The van der Waals surface area contributed by atoms with Gasteiger partial charge in [-0.2, -0.15) is 5.26 Å². The number of ether oxygens (including phenoxy) is 1. The summed E-state index contributed by atoms with van der Waals surface area (Å²) >= 11 is 1.28. The van der Waals surface area contributed by atoms with Crippen LogP contribution in [0.2, 0.25) is 0 Å². The second-order valence-electron chi connectivity index (χ2n) is 1.95. The molecule has 0 aliphatic rings. The first-order valence-corrected chi connectivity index (χ1v) is 4.05. The van der Waals surface area contributed by atoms with E-state index in [9.17, 15) is 4.79 Å². The van der Waals surface area contributed by atoms with E-state index in [4.69, 9.17) is 5.26 Å². The molecular formula is C7H6N2O2S. The van der Waals surface area contributed by atoms with E-state index in [2.05, 4.69) is 9.72 Å². The normalized spacial score (nSPS) is 9.00. The Labute approximate surface area is 73.4 Å². The molecule has 62 valence electrons. The lowest BCUT2D eigenvalue weighted by atomic mass is 10.5. The molecule has 12 heavy (non-hydrogen) atoms. The van der Waals surface area contributed by atoms with Crippen LogP contribution in [0.4, 0.5) is 0 Å². The van der Waals surface area contributed by atoms with E-state index in [0.717, 1.165) is 0 Å². The van der Waals surface area contributed by atoms with Gasteiger partial charge in [0, 0.05) is 5.38 Å². The molecule has 1 aromatic rings. The molecule has 0 spiro atoms. The first kappa shape index (κ1) is 8.68. The zero-order valence-corrected chi connectivity index (χ0v) is 7.22. The number of nitriles is 1. The molecule has 0 radical (unpaired) electrons. The first-order chi connectivity index (χ1) is 5.77. The van der Waals surface area contributed by atoms with Gasteiger partial charge >= 0.3 is 5.97 Å². The molecule has 0 amide bonds. The minimum atomic E-state index is -0.463. The predicted octanol–water partition coefficient (Wildman–Crippen LogP) is 0.996. The molecule has 0 unspecified atom stereocenters. The molecule has 0 aliphatic carbocycles. The third-order valence-electron chi connectivity index (χ3n) is 1.18. The van der Waals surface area contributed by atoms with Gasteiger partial charge in [0.25, 0.3) is 0 Å². The highest BCUT2D eigenvalue weighted by molar-refractivity contribution is 7.09. The van der Waals surface area contributed by atoms with Gasteiger partial charge in [0.05, 0.1) is 19.6 Å². The summed E-state index contributed by atoms with van der Waals surface area (Å²) < 4.78 is 4.45. The van der Waals surface area contributed by atoms with Crippen molar-refractivity contribution in [1.29, 1.82) is 5.26 Å². The molecule has 0 aromatic carbocycles. The lowest BCUT2D eigenvalue weighted by Crippen LogP contribution is -2.01. The lowest BCUT2D eigenvalue weighted by molar-refractivity contribution is 0.0595. The maximum atomic E-state index is 10.9. The van der Waals surface area contributed by atoms with Crippen molar-refractivity contribution in [2.45, 2.75) is 6.42 Å². The smallest absolute Gasteiger partial charge is 0.357 e. The third-order valence-corrected chi connectivity index (χ3v) is 2.03. The molecule has 0 bridgehead atoms. The molecular weight excluding hydrogens is 176 g/mol. The number of carbonyl (C=O) groups excluding carboxylic acids is 1. The molecule has 1 rings (SSSR count). The average Bonchev–Trinajstić information content (AvgIpc) is 2.52. The van der Waals surface area contributed by atoms with Crippen molar-refractivity contribution in [3.05, 3.63) is 16.1 Å². The molecule has 0 atom stereocenters. The first-order valence-electron chi connectivity index (χ1n) is 3.17. The summed E-state index contributed by atoms with van der Waals surface area (Å²) in [7, 11) is 1.30. The van der Waals surface area contributed by atoms with E-state index in [1.807, 2.05) is 6.07 Å². The van der Waals surface area contributed by atoms with Crippen LogP contribution in [0.3, 0.4) is 0 Å². The standard InChI is InChI=1S/C7H6N2O2S/c1-11-7(10)5-4-12-6(9-5)2-3-8/h4H,2H2,1H3. The largest absolute Gasteiger partial charge is 0.464 e. The van der Waals surface area contributed by atoms with E-state index in [-0.39, 0.29) is 12.1 Å². The molecule has 0 saturated carbocycles. The van der Waals surface area contributed by atoms with Gasteiger partial charge in [0.15, 0.2) is 5.69 Å². The Balaban J connectivity index is 2.78. The summed E-state index contributed by atoms with van der Waals surface area (Å²) in [4.78, 5) is 14.8. The summed E-state index contributed by atoms with van der Waals surface area (Å²) in [6.07, 6.45) is 0.238. The van der Waals surface area contributed by atoms with Gasteiger partial charge in [-0.3, -0.25) is 0 Å². The Morgan fingerprint density at radius 2 is 2.67 bits per heavy atom. The third kappa shape index (κ3) is 1.80. The number of thiazole rings is 1.